The van der Waals surface area contributed by atoms with E-state index >= 15 is 0 Å². The quantitative estimate of drug-likeness (QED) is 0.811. The molecule has 1 fully saturated rings. The number of amides is 1. The third-order valence-corrected chi connectivity index (χ3v) is 5.68. The van der Waals surface area contributed by atoms with Crippen molar-refractivity contribution in [3.05, 3.63) is 30.1 Å². The first-order chi connectivity index (χ1) is 10.5. The Bertz CT molecular complexity index is 616. The molecule has 0 spiro atoms. The monoisotopic (exact) mass is 328 g/mol. The molecule has 122 valence electrons. The largest absolute Gasteiger partial charge is 0.355 e. The molecule has 0 aliphatic carbocycles. The van der Waals surface area contributed by atoms with Crippen LogP contribution >= 0.6 is 0 Å². The van der Waals surface area contributed by atoms with Crippen LogP contribution in [-0.4, -0.2) is 37.8 Å². The van der Waals surface area contributed by atoms with Crippen LogP contribution in [-0.2, 0) is 14.8 Å². The van der Waals surface area contributed by atoms with E-state index in [1.807, 2.05) is 6.92 Å². The summed E-state index contributed by atoms with van der Waals surface area (Å²) >= 11 is 0. The molecular weight excluding hydrogens is 307 g/mol. The zero-order valence-corrected chi connectivity index (χ0v) is 13.4. The molecule has 1 aromatic carbocycles. The SMILES string of the molecule is CCCCNC(=O)[C@H]1CCCN1S(=O)(=O)c1ccc(F)cc1. The van der Waals surface area contributed by atoms with Crippen LogP contribution in [0.4, 0.5) is 4.39 Å². The minimum atomic E-state index is -3.77. The molecule has 1 saturated heterocycles. The average Bonchev–Trinajstić information content (AvgIpc) is 2.98. The minimum Gasteiger partial charge on any atom is -0.355 e. The van der Waals surface area contributed by atoms with Crippen molar-refractivity contribution in [1.29, 1.82) is 0 Å². The van der Waals surface area contributed by atoms with Gasteiger partial charge in [-0.3, -0.25) is 4.79 Å². The van der Waals surface area contributed by atoms with Gasteiger partial charge in [0.15, 0.2) is 0 Å². The predicted molar refractivity (Wildman–Crippen MR) is 81.2 cm³/mol. The van der Waals surface area contributed by atoms with Crippen LogP contribution in [0.1, 0.15) is 32.6 Å². The number of nitrogens with zero attached hydrogens (tertiary/aromatic N) is 1. The van der Waals surface area contributed by atoms with Gasteiger partial charge < -0.3 is 5.32 Å². The van der Waals surface area contributed by atoms with Gasteiger partial charge in [0, 0.05) is 13.1 Å². The Balaban J connectivity index is 2.15. The van der Waals surface area contributed by atoms with Gasteiger partial charge in [-0.2, -0.15) is 4.31 Å². The normalized spacial score (nSPS) is 19.3. The first-order valence-corrected chi connectivity index (χ1v) is 8.96. The van der Waals surface area contributed by atoms with E-state index < -0.39 is 21.9 Å². The second-order valence-corrected chi connectivity index (χ2v) is 7.26. The van der Waals surface area contributed by atoms with Crippen molar-refractivity contribution < 1.29 is 17.6 Å². The molecule has 0 unspecified atom stereocenters. The van der Waals surface area contributed by atoms with Crippen molar-refractivity contribution in [2.75, 3.05) is 13.1 Å². The fourth-order valence-corrected chi connectivity index (χ4v) is 4.19. The van der Waals surface area contributed by atoms with Gasteiger partial charge in [0.2, 0.25) is 15.9 Å². The molecule has 22 heavy (non-hydrogen) atoms. The number of carbonyl (C=O) groups is 1. The van der Waals surface area contributed by atoms with Crippen molar-refractivity contribution >= 4 is 15.9 Å². The van der Waals surface area contributed by atoms with E-state index in [0.717, 1.165) is 25.0 Å². The van der Waals surface area contributed by atoms with Gasteiger partial charge >= 0.3 is 0 Å². The lowest BCUT2D eigenvalue weighted by Crippen LogP contribution is -2.46. The molecule has 0 aromatic heterocycles. The van der Waals surface area contributed by atoms with Crippen LogP contribution in [0.25, 0.3) is 0 Å². The summed E-state index contributed by atoms with van der Waals surface area (Å²) in [4.78, 5) is 12.2. The van der Waals surface area contributed by atoms with Crippen molar-refractivity contribution in [2.45, 2.75) is 43.5 Å². The highest BCUT2D eigenvalue weighted by Crippen LogP contribution is 2.26. The molecule has 0 bridgehead atoms. The number of sulfonamides is 1. The second-order valence-electron chi connectivity index (χ2n) is 5.37. The Morgan fingerprint density at radius 3 is 2.68 bits per heavy atom. The Labute approximate surface area is 130 Å². The van der Waals surface area contributed by atoms with Crippen LogP contribution < -0.4 is 5.32 Å². The molecule has 1 amide bonds. The summed E-state index contributed by atoms with van der Waals surface area (Å²) in [6.07, 6.45) is 2.98. The Hall–Kier alpha value is -1.47. The summed E-state index contributed by atoms with van der Waals surface area (Å²) in [7, 11) is -3.77. The van der Waals surface area contributed by atoms with Gasteiger partial charge in [-0.25, -0.2) is 12.8 Å². The maximum absolute atomic E-state index is 13.0. The topological polar surface area (TPSA) is 66.5 Å². The van der Waals surface area contributed by atoms with E-state index in [-0.39, 0.29) is 10.8 Å². The standard InChI is InChI=1S/C15H21FN2O3S/c1-2-3-10-17-15(19)14-5-4-11-18(14)22(20,21)13-8-6-12(16)7-9-13/h6-9,14H,2-5,10-11H2,1H3,(H,17,19)/t14-/m1/s1. The van der Waals surface area contributed by atoms with E-state index in [9.17, 15) is 17.6 Å². The molecule has 0 radical (unpaired) electrons. The van der Waals surface area contributed by atoms with Crippen LogP contribution in [0.3, 0.4) is 0 Å². The molecule has 1 heterocycles. The Kier molecular flexibility index (Phi) is 5.52. The number of unbranched alkanes of at least 4 members (excludes halogenated alkanes) is 1. The lowest BCUT2D eigenvalue weighted by molar-refractivity contribution is -0.124. The number of hydrogen-bond acceptors (Lipinski definition) is 3. The first-order valence-electron chi connectivity index (χ1n) is 7.52. The molecule has 2 rings (SSSR count). The van der Waals surface area contributed by atoms with Crippen molar-refractivity contribution in [3.8, 4) is 0 Å². The molecule has 1 aliphatic heterocycles. The molecular formula is C15H21FN2O3S. The van der Waals surface area contributed by atoms with E-state index in [0.29, 0.717) is 25.9 Å². The number of nitrogens with one attached hydrogen (secondary N) is 1. The highest BCUT2D eigenvalue weighted by Gasteiger charge is 2.39. The van der Waals surface area contributed by atoms with Crippen LogP contribution in [0.5, 0.6) is 0 Å². The Morgan fingerprint density at radius 1 is 1.36 bits per heavy atom. The van der Waals surface area contributed by atoms with E-state index in [2.05, 4.69) is 5.32 Å². The molecule has 1 N–H and O–H groups in total. The smallest absolute Gasteiger partial charge is 0.243 e. The maximum atomic E-state index is 13.0. The number of carbonyl (C=O) groups excluding carboxylic acids is 1. The average molecular weight is 328 g/mol. The van der Waals surface area contributed by atoms with E-state index in [4.69, 9.17) is 0 Å². The molecule has 5 nitrogen and oxygen atoms in total. The third kappa shape index (κ3) is 3.64. The van der Waals surface area contributed by atoms with Crippen LogP contribution in [0, 0.1) is 5.82 Å². The highest BCUT2D eigenvalue weighted by molar-refractivity contribution is 7.89. The summed E-state index contributed by atoms with van der Waals surface area (Å²) in [5.41, 5.74) is 0. The number of benzene rings is 1. The summed E-state index contributed by atoms with van der Waals surface area (Å²) in [6, 6.07) is 4.01. The molecule has 0 saturated carbocycles. The van der Waals surface area contributed by atoms with Gasteiger partial charge in [0.1, 0.15) is 11.9 Å². The first kappa shape index (κ1) is 16.9. The lowest BCUT2D eigenvalue weighted by atomic mass is 10.2. The van der Waals surface area contributed by atoms with Gasteiger partial charge in [-0.05, 0) is 43.5 Å². The fourth-order valence-electron chi connectivity index (χ4n) is 2.54. The highest BCUT2D eigenvalue weighted by atomic mass is 32.2. The maximum Gasteiger partial charge on any atom is 0.243 e. The van der Waals surface area contributed by atoms with Crippen molar-refractivity contribution in [2.24, 2.45) is 0 Å². The summed E-state index contributed by atoms with van der Waals surface area (Å²) in [6.45, 7) is 2.88. The summed E-state index contributed by atoms with van der Waals surface area (Å²) in [5, 5.41) is 2.78. The van der Waals surface area contributed by atoms with Crippen molar-refractivity contribution in [3.63, 3.8) is 0 Å². The van der Waals surface area contributed by atoms with Gasteiger partial charge in [0.05, 0.1) is 4.90 Å². The van der Waals surface area contributed by atoms with Gasteiger partial charge in [0.25, 0.3) is 0 Å². The summed E-state index contributed by atoms with van der Waals surface area (Å²) in [5.74, 6) is -0.745. The number of rotatable bonds is 6. The minimum absolute atomic E-state index is 0.0159. The Morgan fingerprint density at radius 2 is 2.05 bits per heavy atom. The zero-order valence-electron chi connectivity index (χ0n) is 12.6. The summed E-state index contributed by atoms with van der Waals surface area (Å²) < 4.78 is 39.4. The number of halogens is 1. The van der Waals surface area contributed by atoms with E-state index in [1.165, 1.54) is 16.4 Å². The molecule has 7 heteroatoms. The van der Waals surface area contributed by atoms with Gasteiger partial charge in [-0.15, -0.1) is 0 Å². The van der Waals surface area contributed by atoms with Crippen LogP contribution in [0.15, 0.2) is 29.2 Å². The zero-order chi connectivity index (χ0) is 16.2. The lowest BCUT2D eigenvalue weighted by Gasteiger charge is -2.23. The van der Waals surface area contributed by atoms with Crippen molar-refractivity contribution in [1.82, 2.24) is 9.62 Å². The van der Waals surface area contributed by atoms with Gasteiger partial charge in [-0.1, -0.05) is 13.3 Å². The number of hydrogen-bond donors (Lipinski definition) is 1. The second kappa shape index (κ2) is 7.19. The molecule has 1 atom stereocenters. The molecule has 1 aliphatic rings. The molecule has 1 aromatic rings. The van der Waals surface area contributed by atoms with E-state index in [1.54, 1.807) is 0 Å². The fraction of sp³-hybridized carbons (Fsp3) is 0.533. The van der Waals surface area contributed by atoms with Crippen LogP contribution in [0.2, 0.25) is 0 Å². The predicted octanol–water partition coefficient (Wildman–Crippen LogP) is 1.90. The third-order valence-electron chi connectivity index (χ3n) is 3.76.